The van der Waals surface area contributed by atoms with Crippen molar-refractivity contribution in [2.24, 2.45) is 11.8 Å². The zero-order valence-electron chi connectivity index (χ0n) is 17.4. The molecule has 2 saturated heterocycles. The molecule has 1 saturated carbocycles. The minimum atomic E-state index is 0.127. The number of nitrogens with zero attached hydrogens (tertiary/aromatic N) is 3. The van der Waals surface area contributed by atoms with Crippen molar-refractivity contribution < 1.29 is 4.79 Å². The smallest absolute Gasteiger partial charge is 0.227 e. The number of fused-ring (bicyclic) bond motifs is 1. The van der Waals surface area contributed by atoms with Crippen LogP contribution in [0.4, 0.5) is 5.69 Å². The first-order valence-corrected chi connectivity index (χ1v) is 11.3. The molecule has 2 atom stereocenters. The number of hydrogen-bond acceptors (Lipinski definition) is 4. The molecule has 1 aromatic carbocycles. The Bertz CT molecular complexity index is 894. The molecule has 1 N–H and O–H groups in total. The van der Waals surface area contributed by atoms with E-state index in [9.17, 15) is 4.79 Å². The number of benzene rings is 1. The van der Waals surface area contributed by atoms with Crippen LogP contribution < -0.4 is 10.2 Å². The quantitative estimate of drug-likeness (QED) is 0.870. The van der Waals surface area contributed by atoms with Crippen molar-refractivity contribution in [2.45, 2.75) is 45.1 Å². The fraction of sp³-hybridized carbons (Fsp3) is 0.583. The van der Waals surface area contributed by atoms with E-state index in [4.69, 9.17) is 0 Å². The van der Waals surface area contributed by atoms with E-state index in [0.29, 0.717) is 17.9 Å². The van der Waals surface area contributed by atoms with Crippen LogP contribution in [-0.2, 0) is 4.79 Å². The van der Waals surface area contributed by atoms with Gasteiger partial charge >= 0.3 is 0 Å². The summed E-state index contributed by atoms with van der Waals surface area (Å²) in [6.07, 6.45) is 5.94. The van der Waals surface area contributed by atoms with Crippen molar-refractivity contribution in [1.82, 2.24) is 15.2 Å². The maximum Gasteiger partial charge on any atom is 0.227 e. The Balaban J connectivity index is 1.30. The Labute approximate surface area is 173 Å². The maximum atomic E-state index is 13.5. The molecule has 1 aliphatic carbocycles. The third-order valence-corrected chi connectivity index (χ3v) is 7.20. The number of rotatable bonds is 3. The van der Waals surface area contributed by atoms with Gasteiger partial charge in [0.1, 0.15) is 0 Å². The van der Waals surface area contributed by atoms with Crippen LogP contribution in [0.15, 0.2) is 30.3 Å². The van der Waals surface area contributed by atoms with Crippen LogP contribution in [-0.4, -0.2) is 54.6 Å². The molecule has 154 valence electrons. The number of carbonyl (C=O) groups is 1. The van der Waals surface area contributed by atoms with E-state index in [-0.39, 0.29) is 5.92 Å². The summed E-state index contributed by atoms with van der Waals surface area (Å²) >= 11 is 0. The lowest BCUT2D eigenvalue weighted by Gasteiger charge is -2.41. The number of amides is 1. The number of carbonyl (C=O) groups excluding carboxylic acids is 1. The van der Waals surface area contributed by atoms with Crippen molar-refractivity contribution in [3.63, 3.8) is 0 Å². The highest BCUT2D eigenvalue weighted by atomic mass is 16.2. The first-order chi connectivity index (χ1) is 14.2. The first-order valence-electron chi connectivity index (χ1n) is 11.3. The molecule has 29 heavy (non-hydrogen) atoms. The minimum Gasteiger partial charge on any atom is -0.371 e. The Hall–Kier alpha value is -2.14. The summed E-state index contributed by atoms with van der Waals surface area (Å²) < 4.78 is 0. The van der Waals surface area contributed by atoms with Crippen LogP contribution in [0.2, 0.25) is 0 Å². The third-order valence-electron chi connectivity index (χ3n) is 7.20. The van der Waals surface area contributed by atoms with E-state index < -0.39 is 0 Å². The van der Waals surface area contributed by atoms with E-state index >= 15 is 0 Å². The van der Waals surface area contributed by atoms with Gasteiger partial charge in [0.15, 0.2) is 0 Å². The summed E-state index contributed by atoms with van der Waals surface area (Å²) in [6.45, 7) is 6.76. The highest BCUT2D eigenvalue weighted by Gasteiger charge is 2.39. The van der Waals surface area contributed by atoms with E-state index in [1.807, 2.05) is 6.92 Å². The average Bonchev–Trinajstić information content (AvgIpc) is 3.06. The summed E-state index contributed by atoms with van der Waals surface area (Å²) in [5.74, 6) is 1.23. The van der Waals surface area contributed by atoms with Gasteiger partial charge in [-0.2, -0.15) is 0 Å². The summed E-state index contributed by atoms with van der Waals surface area (Å²) in [6, 6.07) is 11.1. The van der Waals surface area contributed by atoms with Crippen LogP contribution >= 0.6 is 0 Å². The van der Waals surface area contributed by atoms with Gasteiger partial charge in [-0.3, -0.25) is 9.78 Å². The van der Waals surface area contributed by atoms with Gasteiger partial charge in [0.2, 0.25) is 5.91 Å². The Morgan fingerprint density at radius 3 is 2.83 bits per heavy atom. The monoisotopic (exact) mass is 392 g/mol. The zero-order chi connectivity index (χ0) is 19.8. The number of hydrogen-bond donors (Lipinski definition) is 1. The van der Waals surface area contributed by atoms with Crippen LogP contribution in [0.5, 0.6) is 0 Å². The maximum absolute atomic E-state index is 13.5. The van der Waals surface area contributed by atoms with Gasteiger partial charge in [0.05, 0.1) is 11.4 Å². The molecule has 2 aliphatic heterocycles. The number of aromatic nitrogens is 1. The lowest BCUT2D eigenvalue weighted by atomic mass is 9.78. The molecule has 0 radical (unpaired) electrons. The van der Waals surface area contributed by atoms with Gasteiger partial charge in [0.25, 0.3) is 0 Å². The predicted octanol–water partition coefficient (Wildman–Crippen LogP) is 3.36. The Morgan fingerprint density at radius 1 is 1.10 bits per heavy atom. The molecule has 5 heteroatoms. The Morgan fingerprint density at radius 2 is 2.00 bits per heavy atom. The van der Waals surface area contributed by atoms with Crippen molar-refractivity contribution in [2.75, 3.05) is 37.6 Å². The van der Waals surface area contributed by atoms with Crippen molar-refractivity contribution in [3.05, 3.63) is 36.0 Å². The van der Waals surface area contributed by atoms with E-state index in [2.05, 4.69) is 50.4 Å². The molecule has 2 unspecified atom stereocenters. The molecular formula is C24H32N4O. The van der Waals surface area contributed by atoms with Crippen molar-refractivity contribution >= 4 is 22.5 Å². The van der Waals surface area contributed by atoms with Gasteiger partial charge in [-0.1, -0.05) is 12.5 Å². The molecule has 2 aromatic rings. The summed E-state index contributed by atoms with van der Waals surface area (Å²) in [5.41, 5.74) is 3.30. The first kappa shape index (κ1) is 18.9. The molecular weight excluding hydrogens is 360 g/mol. The van der Waals surface area contributed by atoms with Crippen LogP contribution in [0.1, 0.15) is 37.8 Å². The molecule has 1 amide bonds. The van der Waals surface area contributed by atoms with E-state index in [1.165, 1.54) is 30.3 Å². The zero-order valence-corrected chi connectivity index (χ0v) is 17.4. The second-order valence-corrected chi connectivity index (χ2v) is 9.11. The second-order valence-electron chi connectivity index (χ2n) is 9.11. The molecule has 0 bridgehead atoms. The molecule has 5 rings (SSSR count). The molecule has 0 spiro atoms. The van der Waals surface area contributed by atoms with Gasteiger partial charge in [0, 0.05) is 49.0 Å². The standard InChI is InChI=1S/C24H32N4O/c1-17-6-7-19-14-21(8-9-22(19)26-17)27-13-10-20(16-27)24(29)28-12-3-11-25-15-23(28)18-4-2-5-18/h6-9,14,18,20,23,25H,2-5,10-13,15-16H2,1H3. The molecule has 1 aromatic heterocycles. The van der Waals surface area contributed by atoms with E-state index in [0.717, 1.165) is 56.8 Å². The Kier molecular flexibility index (Phi) is 5.17. The average molecular weight is 393 g/mol. The van der Waals surface area contributed by atoms with Crippen LogP contribution in [0, 0.1) is 18.8 Å². The topological polar surface area (TPSA) is 48.5 Å². The summed E-state index contributed by atoms with van der Waals surface area (Å²) in [5, 5.41) is 4.74. The highest BCUT2D eigenvalue weighted by Crippen LogP contribution is 2.34. The number of aryl methyl sites for hydroxylation is 1. The van der Waals surface area contributed by atoms with Crippen LogP contribution in [0.25, 0.3) is 10.9 Å². The minimum absolute atomic E-state index is 0.127. The SMILES string of the molecule is Cc1ccc2cc(N3CCC(C(=O)N4CCCNCC4C4CCC4)C3)ccc2n1. The number of nitrogens with one attached hydrogen (secondary N) is 1. The van der Waals surface area contributed by atoms with Crippen molar-refractivity contribution in [3.8, 4) is 0 Å². The molecule has 3 aliphatic rings. The lowest BCUT2D eigenvalue weighted by Crippen LogP contribution is -2.51. The second kappa shape index (κ2) is 7.94. The molecule has 3 fully saturated rings. The number of pyridine rings is 1. The van der Waals surface area contributed by atoms with Crippen molar-refractivity contribution in [1.29, 1.82) is 0 Å². The van der Waals surface area contributed by atoms with Crippen LogP contribution in [0.3, 0.4) is 0 Å². The predicted molar refractivity (Wildman–Crippen MR) is 117 cm³/mol. The van der Waals surface area contributed by atoms with E-state index in [1.54, 1.807) is 0 Å². The van der Waals surface area contributed by atoms with Gasteiger partial charge in [-0.25, -0.2) is 0 Å². The largest absolute Gasteiger partial charge is 0.371 e. The fourth-order valence-electron chi connectivity index (χ4n) is 5.26. The summed E-state index contributed by atoms with van der Waals surface area (Å²) in [7, 11) is 0. The molecule has 3 heterocycles. The van der Waals surface area contributed by atoms with Gasteiger partial charge in [-0.15, -0.1) is 0 Å². The molecule has 5 nitrogen and oxygen atoms in total. The van der Waals surface area contributed by atoms with Gasteiger partial charge in [-0.05, 0) is 69.3 Å². The third kappa shape index (κ3) is 3.73. The van der Waals surface area contributed by atoms with Gasteiger partial charge < -0.3 is 15.1 Å². The lowest BCUT2D eigenvalue weighted by molar-refractivity contribution is -0.138. The summed E-state index contributed by atoms with van der Waals surface area (Å²) in [4.78, 5) is 22.7. The highest BCUT2D eigenvalue weighted by molar-refractivity contribution is 5.84. The fourth-order valence-corrected chi connectivity index (χ4v) is 5.26. The normalized spacial score (nSPS) is 25.8. The number of anilines is 1.